The first kappa shape index (κ1) is 15.3. The number of rotatable bonds is 3. The van der Waals surface area contributed by atoms with Crippen LogP contribution in [-0.2, 0) is 0 Å². The monoisotopic (exact) mass is 267 g/mol. The summed E-state index contributed by atoms with van der Waals surface area (Å²) in [5.41, 5.74) is 0.309. The Balaban J connectivity index is 2.14. The zero-order chi connectivity index (χ0) is 13.9. The molecule has 1 aliphatic heterocycles. The third-order valence-corrected chi connectivity index (χ3v) is 4.93. The molecule has 3 nitrogen and oxygen atoms in total. The van der Waals surface area contributed by atoms with Crippen molar-refractivity contribution in [2.24, 2.45) is 0 Å². The maximum Gasteiger partial charge on any atom is 0.0356 e. The van der Waals surface area contributed by atoms with E-state index in [0.717, 1.165) is 12.6 Å². The number of nitrogens with zero attached hydrogens (tertiary/aromatic N) is 2. The highest BCUT2D eigenvalue weighted by Crippen LogP contribution is 2.32. The zero-order valence-corrected chi connectivity index (χ0v) is 13.4. The molecule has 1 aliphatic carbocycles. The van der Waals surface area contributed by atoms with Crippen LogP contribution in [0.3, 0.4) is 0 Å². The molecule has 0 radical (unpaired) electrons. The van der Waals surface area contributed by atoms with E-state index in [0.29, 0.717) is 11.6 Å². The Kier molecular flexibility index (Phi) is 5.27. The van der Waals surface area contributed by atoms with Crippen LogP contribution < -0.4 is 5.32 Å². The van der Waals surface area contributed by atoms with E-state index in [1.807, 2.05) is 0 Å². The Morgan fingerprint density at radius 2 is 1.74 bits per heavy atom. The van der Waals surface area contributed by atoms with Crippen molar-refractivity contribution in [3.63, 3.8) is 0 Å². The van der Waals surface area contributed by atoms with Crippen molar-refractivity contribution in [3.8, 4) is 0 Å². The molecule has 0 spiro atoms. The first-order valence-electron chi connectivity index (χ1n) is 8.16. The second kappa shape index (κ2) is 6.55. The third-order valence-electron chi connectivity index (χ3n) is 4.93. The molecule has 0 amide bonds. The molecule has 1 saturated heterocycles. The van der Waals surface area contributed by atoms with Crippen LogP contribution >= 0.6 is 0 Å². The lowest BCUT2D eigenvalue weighted by Crippen LogP contribution is -2.67. The minimum absolute atomic E-state index is 0.309. The molecule has 1 unspecified atom stereocenters. The molecule has 1 saturated carbocycles. The summed E-state index contributed by atoms with van der Waals surface area (Å²) >= 11 is 0. The number of piperazine rings is 1. The van der Waals surface area contributed by atoms with Gasteiger partial charge in [-0.05, 0) is 40.8 Å². The molecule has 19 heavy (non-hydrogen) atoms. The van der Waals surface area contributed by atoms with E-state index in [-0.39, 0.29) is 0 Å². The Labute approximate surface area is 119 Å². The smallest absolute Gasteiger partial charge is 0.0356 e. The van der Waals surface area contributed by atoms with E-state index in [9.17, 15) is 0 Å². The van der Waals surface area contributed by atoms with Crippen LogP contribution in [-0.4, -0.2) is 61.2 Å². The molecule has 3 heteroatoms. The van der Waals surface area contributed by atoms with Crippen LogP contribution in [0.4, 0.5) is 0 Å². The Morgan fingerprint density at radius 3 is 2.32 bits per heavy atom. The van der Waals surface area contributed by atoms with Gasteiger partial charge >= 0.3 is 0 Å². The van der Waals surface area contributed by atoms with Gasteiger partial charge in [0.2, 0.25) is 0 Å². The molecule has 112 valence electrons. The molecular formula is C16H33N3. The fraction of sp³-hybridized carbons (Fsp3) is 1.00. The fourth-order valence-electron chi connectivity index (χ4n) is 4.48. The van der Waals surface area contributed by atoms with Crippen LogP contribution in [0.25, 0.3) is 0 Å². The lowest BCUT2D eigenvalue weighted by molar-refractivity contribution is -0.0493. The van der Waals surface area contributed by atoms with E-state index in [1.54, 1.807) is 0 Å². The van der Waals surface area contributed by atoms with Gasteiger partial charge in [0, 0.05) is 37.3 Å². The molecular weight excluding hydrogens is 234 g/mol. The summed E-state index contributed by atoms with van der Waals surface area (Å²) in [5.74, 6) is 0. The van der Waals surface area contributed by atoms with Gasteiger partial charge in [-0.2, -0.15) is 0 Å². The summed E-state index contributed by atoms with van der Waals surface area (Å²) in [5, 5.41) is 3.41. The Bertz CT molecular complexity index is 267. The lowest BCUT2D eigenvalue weighted by Gasteiger charge is -2.54. The summed E-state index contributed by atoms with van der Waals surface area (Å²) in [6.45, 7) is 8.40. The van der Waals surface area contributed by atoms with Gasteiger partial charge in [0.1, 0.15) is 0 Å². The van der Waals surface area contributed by atoms with Crippen LogP contribution in [0, 0.1) is 0 Å². The van der Waals surface area contributed by atoms with Gasteiger partial charge in [0.25, 0.3) is 0 Å². The van der Waals surface area contributed by atoms with Crippen molar-refractivity contribution in [2.45, 2.75) is 70.0 Å². The number of hydrogen-bond donors (Lipinski definition) is 1. The van der Waals surface area contributed by atoms with E-state index in [4.69, 9.17) is 0 Å². The Hall–Kier alpha value is -0.120. The van der Waals surface area contributed by atoms with Crippen LogP contribution in [0.1, 0.15) is 52.4 Å². The van der Waals surface area contributed by atoms with Crippen LogP contribution in [0.2, 0.25) is 0 Å². The van der Waals surface area contributed by atoms with E-state index in [2.05, 4.69) is 43.1 Å². The topological polar surface area (TPSA) is 18.5 Å². The highest BCUT2D eigenvalue weighted by atomic mass is 15.3. The number of likely N-dealkylation sites (N-methyl/N-ethyl adjacent to an activating group) is 2. The number of nitrogens with one attached hydrogen (secondary N) is 1. The SMILES string of the molecule is CNCC1CN(C)CC(C)(C)N1C1CCCCCC1. The minimum Gasteiger partial charge on any atom is -0.318 e. The zero-order valence-electron chi connectivity index (χ0n) is 13.4. The van der Waals surface area contributed by atoms with Gasteiger partial charge in [-0.25, -0.2) is 0 Å². The molecule has 2 rings (SSSR count). The molecule has 2 fully saturated rings. The van der Waals surface area contributed by atoms with Crippen molar-refractivity contribution in [1.82, 2.24) is 15.1 Å². The predicted molar refractivity (Wildman–Crippen MR) is 82.6 cm³/mol. The van der Waals surface area contributed by atoms with E-state index >= 15 is 0 Å². The maximum absolute atomic E-state index is 3.41. The van der Waals surface area contributed by atoms with Gasteiger partial charge in [0.15, 0.2) is 0 Å². The highest BCUT2D eigenvalue weighted by Gasteiger charge is 2.41. The quantitative estimate of drug-likeness (QED) is 0.792. The molecule has 1 N–H and O–H groups in total. The summed E-state index contributed by atoms with van der Waals surface area (Å²) in [6, 6.07) is 1.48. The highest BCUT2D eigenvalue weighted by molar-refractivity contribution is 4.99. The first-order valence-corrected chi connectivity index (χ1v) is 8.16. The van der Waals surface area contributed by atoms with E-state index < -0.39 is 0 Å². The van der Waals surface area contributed by atoms with Crippen molar-refractivity contribution in [3.05, 3.63) is 0 Å². The summed E-state index contributed by atoms with van der Waals surface area (Å²) in [6.07, 6.45) is 8.57. The maximum atomic E-state index is 3.41. The standard InChI is InChI=1S/C16H33N3/c1-16(2)13-18(4)12-15(11-17-3)19(16)14-9-7-5-6-8-10-14/h14-15,17H,5-13H2,1-4H3. The minimum atomic E-state index is 0.309. The van der Waals surface area contributed by atoms with Gasteiger partial charge in [-0.1, -0.05) is 25.7 Å². The second-order valence-electron chi connectivity index (χ2n) is 7.27. The largest absolute Gasteiger partial charge is 0.318 e. The first-order chi connectivity index (χ1) is 9.04. The molecule has 2 aliphatic rings. The number of hydrogen-bond acceptors (Lipinski definition) is 3. The predicted octanol–water partition coefficient (Wildman–Crippen LogP) is 2.32. The normalized spacial score (nSPS) is 31.3. The molecule has 0 aromatic rings. The van der Waals surface area contributed by atoms with Crippen molar-refractivity contribution in [1.29, 1.82) is 0 Å². The third kappa shape index (κ3) is 3.71. The average molecular weight is 267 g/mol. The van der Waals surface area contributed by atoms with Gasteiger partial charge < -0.3 is 10.2 Å². The summed E-state index contributed by atoms with van der Waals surface area (Å²) in [7, 11) is 4.36. The lowest BCUT2D eigenvalue weighted by atomic mass is 9.90. The molecule has 1 heterocycles. The summed E-state index contributed by atoms with van der Waals surface area (Å²) < 4.78 is 0. The molecule has 0 aromatic carbocycles. The van der Waals surface area contributed by atoms with E-state index in [1.165, 1.54) is 51.6 Å². The van der Waals surface area contributed by atoms with Gasteiger partial charge in [-0.15, -0.1) is 0 Å². The fourth-order valence-corrected chi connectivity index (χ4v) is 4.48. The second-order valence-corrected chi connectivity index (χ2v) is 7.27. The van der Waals surface area contributed by atoms with Crippen molar-refractivity contribution >= 4 is 0 Å². The molecule has 1 atom stereocenters. The van der Waals surface area contributed by atoms with Gasteiger partial charge in [-0.3, -0.25) is 4.90 Å². The summed E-state index contributed by atoms with van der Waals surface area (Å²) in [4.78, 5) is 5.38. The average Bonchev–Trinajstić information content (AvgIpc) is 2.56. The molecule has 0 bridgehead atoms. The molecule has 0 aromatic heterocycles. The Morgan fingerprint density at radius 1 is 1.11 bits per heavy atom. The van der Waals surface area contributed by atoms with Gasteiger partial charge in [0.05, 0.1) is 0 Å². The van der Waals surface area contributed by atoms with Crippen molar-refractivity contribution in [2.75, 3.05) is 33.7 Å². The van der Waals surface area contributed by atoms with Crippen LogP contribution in [0.15, 0.2) is 0 Å². The van der Waals surface area contributed by atoms with Crippen molar-refractivity contribution < 1.29 is 0 Å². The van der Waals surface area contributed by atoms with Crippen LogP contribution in [0.5, 0.6) is 0 Å².